The SMILES string of the molecule is CCCCC(OC1CCCCO1)C(F)(F)/C=C/[C@@H]1[C@@H](C/C=C\CCCC(=O)O)[C@@H](O)C[C@H]1O. The van der Waals surface area contributed by atoms with E-state index in [0.29, 0.717) is 38.7 Å². The molecule has 3 N–H and O–H groups in total. The topological polar surface area (TPSA) is 96.2 Å². The summed E-state index contributed by atoms with van der Waals surface area (Å²) >= 11 is 0. The Balaban J connectivity index is 2.00. The number of aliphatic hydroxyl groups is 2. The third kappa shape index (κ3) is 9.43. The smallest absolute Gasteiger partial charge is 0.303 e. The molecule has 33 heavy (non-hydrogen) atoms. The highest BCUT2D eigenvalue weighted by atomic mass is 19.3. The third-order valence-electron chi connectivity index (χ3n) is 6.50. The first-order valence-corrected chi connectivity index (χ1v) is 12.3. The molecule has 1 heterocycles. The van der Waals surface area contributed by atoms with Crippen LogP contribution in [0.4, 0.5) is 8.78 Å². The van der Waals surface area contributed by atoms with E-state index in [2.05, 4.69) is 0 Å². The van der Waals surface area contributed by atoms with E-state index >= 15 is 8.78 Å². The van der Waals surface area contributed by atoms with Crippen molar-refractivity contribution in [3.05, 3.63) is 24.3 Å². The number of carboxylic acids is 1. The molecule has 2 rings (SSSR count). The lowest BCUT2D eigenvalue weighted by molar-refractivity contribution is -0.229. The van der Waals surface area contributed by atoms with Gasteiger partial charge in [-0.3, -0.25) is 4.79 Å². The van der Waals surface area contributed by atoms with Gasteiger partial charge in [-0.1, -0.05) is 38.0 Å². The lowest BCUT2D eigenvalue weighted by atomic mass is 9.89. The largest absolute Gasteiger partial charge is 0.481 e. The molecular formula is C25H40F2O6. The number of carbonyl (C=O) groups is 1. The summed E-state index contributed by atoms with van der Waals surface area (Å²) in [5.74, 6) is -5.03. The van der Waals surface area contributed by atoms with Crippen molar-refractivity contribution in [2.45, 2.75) is 108 Å². The van der Waals surface area contributed by atoms with Crippen LogP contribution in [0.25, 0.3) is 0 Å². The molecule has 0 radical (unpaired) electrons. The van der Waals surface area contributed by atoms with E-state index in [4.69, 9.17) is 14.6 Å². The Morgan fingerprint density at radius 3 is 2.67 bits per heavy atom. The first-order valence-electron chi connectivity index (χ1n) is 12.3. The molecule has 6 atom stereocenters. The van der Waals surface area contributed by atoms with E-state index in [1.54, 1.807) is 0 Å². The maximum Gasteiger partial charge on any atom is 0.303 e. The molecule has 0 aromatic carbocycles. The van der Waals surface area contributed by atoms with Gasteiger partial charge in [-0.25, -0.2) is 0 Å². The van der Waals surface area contributed by atoms with Crippen molar-refractivity contribution >= 4 is 5.97 Å². The van der Waals surface area contributed by atoms with Crippen LogP contribution in [0.3, 0.4) is 0 Å². The lowest BCUT2D eigenvalue weighted by Crippen LogP contribution is -2.39. The van der Waals surface area contributed by atoms with Crippen LogP contribution in [0.2, 0.25) is 0 Å². The van der Waals surface area contributed by atoms with Crippen LogP contribution < -0.4 is 0 Å². The molecule has 2 unspecified atom stereocenters. The van der Waals surface area contributed by atoms with Crippen LogP contribution in [0.5, 0.6) is 0 Å². The zero-order valence-corrected chi connectivity index (χ0v) is 19.6. The zero-order valence-electron chi connectivity index (χ0n) is 19.6. The van der Waals surface area contributed by atoms with Gasteiger partial charge in [0.15, 0.2) is 6.29 Å². The normalized spacial score (nSPS) is 29.8. The van der Waals surface area contributed by atoms with Crippen molar-refractivity contribution in [3.63, 3.8) is 0 Å². The molecule has 190 valence electrons. The van der Waals surface area contributed by atoms with Gasteiger partial charge in [0.2, 0.25) is 0 Å². The highest BCUT2D eigenvalue weighted by Gasteiger charge is 2.43. The minimum atomic E-state index is -3.22. The molecule has 8 heteroatoms. The molecule has 1 saturated heterocycles. The van der Waals surface area contributed by atoms with Crippen LogP contribution >= 0.6 is 0 Å². The average Bonchev–Trinajstić information content (AvgIpc) is 3.04. The van der Waals surface area contributed by atoms with E-state index in [1.165, 1.54) is 6.08 Å². The summed E-state index contributed by atoms with van der Waals surface area (Å²) < 4.78 is 41.5. The number of allylic oxidation sites excluding steroid dienone is 2. The highest BCUT2D eigenvalue weighted by Crippen LogP contribution is 2.38. The van der Waals surface area contributed by atoms with Crippen LogP contribution in [0.15, 0.2) is 24.3 Å². The number of halogens is 2. The molecule has 0 amide bonds. The number of alkyl halides is 2. The molecule has 0 spiro atoms. The van der Waals surface area contributed by atoms with Crippen LogP contribution in [0, 0.1) is 11.8 Å². The quantitative estimate of drug-likeness (QED) is 0.246. The van der Waals surface area contributed by atoms with Gasteiger partial charge in [0.05, 0.1) is 12.2 Å². The van der Waals surface area contributed by atoms with Gasteiger partial charge in [-0.05, 0) is 56.9 Å². The first-order chi connectivity index (χ1) is 15.7. The maximum atomic E-state index is 15.2. The average molecular weight is 475 g/mol. The van der Waals surface area contributed by atoms with Gasteiger partial charge in [-0.15, -0.1) is 0 Å². The van der Waals surface area contributed by atoms with E-state index in [9.17, 15) is 15.0 Å². The second kappa shape index (κ2) is 14.1. The summed E-state index contributed by atoms with van der Waals surface area (Å²) in [5.41, 5.74) is 0. The van der Waals surface area contributed by atoms with Crippen molar-refractivity contribution in [2.24, 2.45) is 11.8 Å². The summed E-state index contributed by atoms with van der Waals surface area (Å²) in [6.45, 7) is 2.46. The minimum absolute atomic E-state index is 0.0860. The minimum Gasteiger partial charge on any atom is -0.481 e. The Bertz CT molecular complexity index is 632. The van der Waals surface area contributed by atoms with Crippen molar-refractivity contribution in [1.29, 1.82) is 0 Å². The van der Waals surface area contributed by atoms with Gasteiger partial charge in [0.1, 0.15) is 6.10 Å². The van der Waals surface area contributed by atoms with E-state index in [1.807, 2.05) is 19.1 Å². The van der Waals surface area contributed by atoms with E-state index < -0.39 is 42.4 Å². The Hall–Kier alpha value is -1.35. The number of carboxylic acid groups (broad SMARTS) is 1. The molecule has 0 aromatic rings. The van der Waals surface area contributed by atoms with Gasteiger partial charge >= 0.3 is 5.97 Å². The maximum absolute atomic E-state index is 15.2. The van der Waals surface area contributed by atoms with Crippen molar-refractivity contribution < 1.29 is 38.4 Å². The first kappa shape index (κ1) is 27.9. The predicted octanol–water partition coefficient (Wildman–Crippen LogP) is 4.84. The highest BCUT2D eigenvalue weighted by molar-refractivity contribution is 5.66. The Morgan fingerprint density at radius 1 is 1.21 bits per heavy atom. The van der Waals surface area contributed by atoms with Crippen LogP contribution in [-0.4, -0.2) is 58.4 Å². The molecule has 1 aliphatic carbocycles. The molecule has 1 saturated carbocycles. The lowest BCUT2D eigenvalue weighted by Gasteiger charge is -2.31. The summed E-state index contributed by atoms with van der Waals surface area (Å²) in [4.78, 5) is 10.6. The number of unbranched alkanes of at least 4 members (excludes halogenated alkanes) is 2. The molecule has 6 nitrogen and oxygen atoms in total. The van der Waals surface area contributed by atoms with Gasteiger partial charge in [0.25, 0.3) is 5.92 Å². The molecule has 0 aromatic heterocycles. The van der Waals surface area contributed by atoms with Gasteiger partial charge in [-0.2, -0.15) is 8.78 Å². The summed E-state index contributed by atoms with van der Waals surface area (Å²) in [6, 6.07) is 0. The van der Waals surface area contributed by atoms with Crippen molar-refractivity contribution in [3.8, 4) is 0 Å². The van der Waals surface area contributed by atoms with Crippen LogP contribution in [0.1, 0.15) is 77.6 Å². The molecule has 2 aliphatic rings. The number of ether oxygens (including phenoxy) is 2. The molecule has 2 fully saturated rings. The second-order valence-electron chi connectivity index (χ2n) is 9.20. The standard InChI is InChI=1S/C25H40F2O6/c1-2-3-11-22(33-24-13-8-9-16-32-24)25(26,27)15-14-19-18(20(28)17-21(19)29)10-6-4-5-7-12-23(30)31/h4,6,14-15,18-22,24,28-29H,2-3,5,7-13,16-17H2,1H3,(H,30,31)/b6-4-,15-14+/t18-,19-,20+,21-,22?,24?/m1/s1. The Kier molecular flexibility index (Phi) is 12.0. The van der Waals surface area contributed by atoms with E-state index in [0.717, 1.165) is 25.3 Å². The summed E-state index contributed by atoms with van der Waals surface area (Å²) in [7, 11) is 0. The fourth-order valence-electron chi connectivity index (χ4n) is 4.54. The zero-order chi connectivity index (χ0) is 24.3. The number of rotatable bonds is 14. The predicted molar refractivity (Wildman–Crippen MR) is 121 cm³/mol. The number of hydrogen-bond donors (Lipinski definition) is 3. The Labute approximate surface area is 195 Å². The summed E-state index contributed by atoms with van der Waals surface area (Å²) in [6.07, 6.45) is 8.05. The van der Waals surface area contributed by atoms with Gasteiger partial charge in [0, 0.05) is 25.4 Å². The Morgan fingerprint density at radius 2 is 2.00 bits per heavy atom. The van der Waals surface area contributed by atoms with Crippen LogP contribution in [-0.2, 0) is 14.3 Å². The van der Waals surface area contributed by atoms with Crippen molar-refractivity contribution in [1.82, 2.24) is 0 Å². The number of aliphatic hydroxyl groups excluding tert-OH is 2. The fraction of sp³-hybridized carbons (Fsp3) is 0.800. The number of hydrogen-bond acceptors (Lipinski definition) is 5. The van der Waals surface area contributed by atoms with Gasteiger partial charge < -0.3 is 24.8 Å². The molecule has 1 aliphatic heterocycles. The van der Waals surface area contributed by atoms with Crippen molar-refractivity contribution in [2.75, 3.05) is 6.61 Å². The second-order valence-corrected chi connectivity index (χ2v) is 9.20. The van der Waals surface area contributed by atoms with E-state index in [-0.39, 0.29) is 25.2 Å². The monoisotopic (exact) mass is 474 g/mol. The molecular weight excluding hydrogens is 434 g/mol. The molecule has 0 bridgehead atoms. The third-order valence-corrected chi connectivity index (χ3v) is 6.50. The summed E-state index contributed by atoms with van der Waals surface area (Å²) in [5, 5.41) is 29.4. The number of aliphatic carboxylic acids is 1. The fourth-order valence-corrected chi connectivity index (χ4v) is 4.54.